The zero-order valence-corrected chi connectivity index (χ0v) is 12.9. The normalized spacial score (nSPS) is 13.6. The number of halogens is 3. The minimum Gasteiger partial charge on any atom is -0.497 e. The van der Waals surface area contributed by atoms with Crippen molar-refractivity contribution in [3.63, 3.8) is 0 Å². The van der Waals surface area contributed by atoms with Gasteiger partial charge in [0.15, 0.2) is 0 Å². The number of carbonyl (C=O) groups is 1. The number of carboxylic acids is 1. The lowest BCUT2D eigenvalue weighted by Crippen LogP contribution is -2.36. The van der Waals surface area contributed by atoms with Crippen LogP contribution in [0, 0.1) is 5.92 Å². The Morgan fingerprint density at radius 1 is 1.30 bits per heavy atom. The number of alkyl halides is 3. The molecule has 0 aliphatic carbocycles. The van der Waals surface area contributed by atoms with Gasteiger partial charge >= 0.3 is 12.1 Å². The van der Waals surface area contributed by atoms with Crippen molar-refractivity contribution in [2.75, 3.05) is 13.7 Å². The highest BCUT2D eigenvalue weighted by molar-refractivity contribution is 7.89. The number of methoxy groups -OCH3 is 1. The third-order valence-corrected chi connectivity index (χ3v) is 4.50. The van der Waals surface area contributed by atoms with E-state index in [4.69, 9.17) is 9.84 Å². The van der Waals surface area contributed by atoms with Crippen LogP contribution in [-0.4, -0.2) is 39.3 Å². The number of hydrogen-bond donors (Lipinski definition) is 2. The van der Waals surface area contributed by atoms with Crippen LogP contribution in [0.3, 0.4) is 0 Å². The number of sulfonamides is 1. The van der Waals surface area contributed by atoms with Gasteiger partial charge in [0.2, 0.25) is 10.0 Å². The maximum Gasteiger partial charge on any atom is 0.393 e. The molecule has 0 aliphatic rings. The largest absolute Gasteiger partial charge is 0.497 e. The molecule has 0 bridgehead atoms. The number of hydrogen-bond acceptors (Lipinski definition) is 4. The summed E-state index contributed by atoms with van der Waals surface area (Å²) >= 11 is 0. The van der Waals surface area contributed by atoms with Gasteiger partial charge in [-0.1, -0.05) is 0 Å². The van der Waals surface area contributed by atoms with E-state index in [1.54, 1.807) is 0 Å². The summed E-state index contributed by atoms with van der Waals surface area (Å²) in [5, 5.41) is 8.47. The summed E-state index contributed by atoms with van der Waals surface area (Å²) in [6.45, 7) is -0.925. The third kappa shape index (κ3) is 6.06. The molecule has 0 aliphatic heterocycles. The number of ether oxygens (including phenoxy) is 1. The molecular weight excluding hydrogens is 339 g/mol. The van der Waals surface area contributed by atoms with Crippen molar-refractivity contribution < 1.29 is 36.2 Å². The molecular formula is C13H16F3NO5S. The molecule has 0 heterocycles. The highest BCUT2D eigenvalue weighted by Crippen LogP contribution is 2.29. The molecule has 23 heavy (non-hydrogen) atoms. The molecule has 0 spiro atoms. The Balaban J connectivity index is 2.79. The van der Waals surface area contributed by atoms with E-state index in [9.17, 15) is 26.4 Å². The van der Waals surface area contributed by atoms with Crippen LogP contribution in [0.1, 0.15) is 12.8 Å². The fraction of sp³-hybridized carbons (Fsp3) is 0.462. The lowest BCUT2D eigenvalue weighted by molar-refractivity contribution is -0.175. The minimum atomic E-state index is -4.70. The smallest absolute Gasteiger partial charge is 0.393 e. The number of aliphatic carboxylic acids is 1. The van der Waals surface area contributed by atoms with E-state index in [-0.39, 0.29) is 4.90 Å². The van der Waals surface area contributed by atoms with Gasteiger partial charge in [0.1, 0.15) is 5.75 Å². The summed E-state index contributed by atoms with van der Waals surface area (Å²) in [6, 6.07) is 5.11. The van der Waals surface area contributed by atoms with Crippen molar-refractivity contribution in [1.82, 2.24) is 4.72 Å². The van der Waals surface area contributed by atoms with Crippen molar-refractivity contribution in [3.8, 4) is 5.75 Å². The lowest BCUT2D eigenvalue weighted by Gasteiger charge is -2.20. The molecule has 2 N–H and O–H groups in total. The molecule has 130 valence electrons. The Bertz CT molecular complexity index is 628. The van der Waals surface area contributed by atoms with Crippen LogP contribution in [0.2, 0.25) is 0 Å². The van der Waals surface area contributed by atoms with Crippen molar-refractivity contribution in [1.29, 1.82) is 0 Å². The molecule has 10 heteroatoms. The summed E-state index contributed by atoms with van der Waals surface area (Å²) < 4.78 is 69.1. The third-order valence-electron chi connectivity index (χ3n) is 3.06. The van der Waals surface area contributed by atoms with Gasteiger partial charge in [-0.05, 0) is 30.7 Å². The summed E-state index contributed by atoms with van der Waals surface area (Å²) in [4.78, 5) is 10.2. The Morgan fingerprint density at radius 2 is 1.87 bits per heavy atom. The van der Waals surface area contributed by atoms with Crippen LogP contribution in [0.5, 0.6) is 5.75 Å². The first kappa shape index (κ1) is 19.2. The van der Waals surface area contributed by atoms with Gasteiger partial charge in [-0.3, -0.25) is 4.79 Å². The van der Waals surface area contributed by atoms with Gasteiger partial charge in [-0.15, -0.1) is 0 Å². The molecule has 0 amide bonds. The van der Waals surface area contributed by atoms with Crippen molar-refractivity contribution in [2.45, 2.75) is 23.9 Å². The zero-order chi connectivity index (χ0) is 17.7. The molecule has 1 aromatic rings. The van der Waals surface area contributed by atoms with Gasteiger partial charge in [0, 0.05) is 13.0 Å². The Hall–Kier alpha value is -1.81. The number of benzene rings is 1. The predicted octanol–water partition coefficient (Wildman–Crippen LogP) is 2.02. The Kier molecular flexibility index (Phi) is 6.39. The van der Waals surface area contributed by atoms with Crippen LogP contribution in [0.15, 0.2) is 29.2 Å². The molecule has 0 aromatic heterocycles. The first-order valence-corrected chi connectivity index (χ1v) is 7.97. The maximum absolute atomic E-state index is 12.8. The van der Waals surface area contributed by atoms with E-state index >= 15 is 0 Å². The molecule has 0 saturated carbocycles. The van der Waals surface area contributed by atoms with E-state index in [1.807, 2.05) is 4.72 Å². The van der Waals surface area contributed by atoms with E-state index in [0.29, 0.717) is 5.75 Å². The van der Waals surface area contributed by atoms with Crippen molar-refractivity contribution in [3.05, 3.63) is 24.3 Å². The van der Waals surface area contributed by atoms with E-state index in [2.05, 4.69) is 0 Å². The van der Waals surface area contributed by atoms with Crippen molar-refractivity contribution >= 4 is 16.0 Å². The van der Waals surface area contributed by atoms with Gasteiger partial charge < -0.3 is 9.84 Å². The van der Waals surface area contributed by atoms with Crippen LogP contribution in [-0.2, 0) is 14.8 Å². The first-order valence-electron chi connectivity index (χ1n) is 6.48. The monoisotopic (exact) mass is 355 g/mol. The van der Waals surface area contributed by atoms with Crippen LogP contribution in [0.4, 0.5) is 13.2 Å². The molecule has 6 nitrogen and oxygen atoms in total. The van der Waals surface area contributed by atoms with Crippen molar-refractivity contribution in [2.24, 2.45) is 5.92 Å². The van der Waals surface area contributed by atoms with Crippen LogP contribution < -0.4 is 9.46 Å². The second kappa shape index (κ2) is 7.64. The first-order chi connectivity index (χ1) is 10.6. The SMILES string of the molecule is COc1ccc(S(=O)(=O)NC[C@H](CCC(=O)O)C(F)(F)F)cc1. The molecule has 0 fully saturated rings. The van der Waals surface area contributed by atoms with E-state index in [0.717, 1.165) is 0 Å². The average Bonchev–Trinajstić information content (AvgIpc) is 2.45. The summed E-state index contributed by atoms with van der Waals surface area (Å²) in [6.07, 6.45) is -6.10. The Morgan fingerprint density at radius 3 is 2.30 bits per heavy atom. The fourth-order valence-electron chi connectivity index (χ4n) is 1.73. The molecule has 0 saturated heterocycles. The Labute approximate surface area is 131 Å². The van der Waals surface area contributed by atoms with E-state index in [1.165, 1.54) is 31.4 Å². The van der Waals surface area contributed by atoms with Gasteiger partial charge in [-0.2, -0.15) is 13.2 Å². The van der Waals surface area contributed by atoms with Gasteiger partial charge in [-0.25, -0.2) is 13.1 Å². The summed E-state index contributed by atoms with van der Waals surface area (Å²) in [7, 11) is -2.75. The summed E-state index contributed by atoms with van der Waals surface area (Å²) in [5.74, 6) is -3.05. The summed E-state index contributed by atoms with van der Waals surface area (Å²) in [5.41, 5.74) is 0. The standard InChI is InChI=1S/C13H16F3NO5S/c1-22-10-3-5-11(6-4-10)23(20,21)17-8-9(13(14,15)16)2-7-12(18)19/h3-6,9,17H,2,7-8H2,1H3,(H,18,19)/t9-/m0/s1. The topological polar surface area (TPSA) is 92.7 Å². The molecule has 0 unspecified atom stereocenters. The second-order valence-electron chi connectivity index (χ2n) is 4.70. The predicted molar refractivity (Wildman–Crippen MR) is 74.6 cm³/mol. The van der Waals surface area contributed by atoms with Crippen LogP contribution in [0.25, 0.3) is 0 Å². The lowest BCUT2D eigenvalue weighted by atomic mass is 10.0. The highest BCUT2D eigenvalue weighted by Gasteiger charge is 2.40. The zero-order valence-electron chi connectivity index (χ0n) is 12.1. The van der Waals surface area contributed by atoms with Gasteiger partial charge in [0.25, 0.3) is 0 Å². The van der Waals surface area contributed by atoms with Crippen LogP contribution >= 0.6 is 0 Å². The quantitative estimate of drug-likeness (QED) is 0.744. The van der Waals surface area contributed by atoms with E-state index < -0.39 is 47.5 Å². The second-order valence-corrected chi connectivity index (χ2v) is 6.47. The molecule has 0 radical (unpaired) electrons. The van der Waals surface area contributed by atoms with Gasteiger partial charge in [0.05, 0.1) is 17.9 Å². The molecule has 1 aromatic carbocycles. The average molecular weight is 355 g/mol. The number of nitrogens with one attached hydrogen (secondary N) is 1. The number of rotatable bonds is 8. The number of carboxylic acid groups (broad SMARTS) is 1. The molecule has 1 rings (SSSR count). The fourth-order valence-corrected chi connectivity index (χ4v) is 2.81. The molecule has 1 atom stereocenters. The maximum atomic E-state index is 12.8. The minimum absolute atomic E-state index is 0.211. The highest BCUT2D eigenvalue weighted by atomic mass is 32.2.